The molecule has 0 saturated carbocycles. The van der Waals surface area contributed by atoms with E-state index in [-0.39, 0.29) is 15.4 Å². The van der Waals surface area contributed by atoms with Crippen LogP contribution in [0.15, 0.2) is 0 Å². The minimum absolute atomic E-state index is 0.165. The highest BCUT2D eigenvalue weighted by atomic mass is 79.9. The van der Waals surface area contributed by atoms with Crippen molar-refractivity contribution < 1.29 is 9.47 Å². The van der Waals surface area contributed by atoms with E-state index in [1.165, 1.54) is 44.6 Å². The van der Waals surface area contributed by atoms with Crippen LogP contribution in [0.5, 0.6) is 0 Å². The SMILES string of the molecule is CCOC(OCC)[SiH2]CCCCCCCCBr. The van der Waals surface area contributed by atoms with E-state index in [1.54, 1.807) is 0 Å². The van der Waals surface area contributed by atoms with Crippen molar-refractivity contribution in [3.8, 4) is 0 Å². The number of alkyl halides is 1. The zero-order chi connectivity index (χ0) is 12.8. The Morgan fingerprint density at radius 2 is 1.41 bits per heavy atom. The molecule has 0 radical (unpaired) electrons. The Morgan fingerprint density at radius 1 is 0.882 bits per heavy atom. The van der Waals surface area contributed by atoms with E-state index in [9.17, 15) is 0 Å². The molecule has 0 atom stereocenters. The third-order valence-corrected chi connectivity index (χ3v) is 5.19. The van der Waals surface area contributed by atoms with Crippen molar-refractivity contribution >= 4 is 25.4 Å². The second kappa shape index (κ2) is 14.7. The van der Waals surface area contributed by atoms with Crippen LogP contribution in [0.3, 0.4) is 0 Å². The van der Waals surface area contributed by atoms with Gasteiger partial charge in [0.25, 0.3) is 0 Å². The smallest absolute Gasteiger partial charge is 0.134 e. The van der Waals surface area contributed by atoms with Crippen LogP contribution >= 0.6 is 15.9 Å². The molecule has 0 aromatic rings. The summed E-state index contributed by atoms with van der Waals surface area (Å²) >= 11 is 3.47. The van der Waals surface area contributed by atoms with Crippen molar-refractivity contribution in [2.75, 3.05) is 18.5 Å². The molecule has 0 fully saturated rings. The van der Waals surface area contributed by atoms with Gasteiger partial charge >= 0.3 is 0 Å². The molecule has 0 saturated heterocycles. The lowest BCUT2D eigenvalue weighted by atomic mass is 10.1. The average Bonchev–Trinajstić information content (AvgIpc) is 2.33. The number of hydrogen-bond acceptors (Lipinski definition) is 2. The first-order valence-electron chi connectivity index (χ1n) is 7.14. The van der Waals surface area contributed by atoms with Gasteiger partial charge in [0.05, 0.1) is 9.52 Å². The lowest BCUT2D eigenvalue weighted by Crippen LogP contribution is -2.24. The van der Waals surface area contributed by atoms with Gasteiger partial charge in [-0.05, 0) is 20.3 Å². The number of ether oxygens (including phenoxy) is 2. The molecule has 0 aliphatic carbocycles. The van der Waals surface area contributed by atoms with Gasteiger partial charge in [-0.15, -0.1) is 0 Å². The molecule has 0 spiro atoms. The molecule has 0 N–H and O–H groups in total. The van der Waals surface area contributed by atoms with Gasteiger partial charge in [0.1, 0.15) is 5.91 Å². The summed E-state index contributed by atoms with van der Waals surface area (Å²) in [4.78, 5) is 0. The molecule has 17 heavy (non-hydrogen) atoms. The molecule has 0 amide bonds. The first-order valence-corrected chi connectivity index (χ1v) is 10.1. The van der Waals surface area contributed by atoms with Crippen LogP contribution in [-0.2, 0) is 9.47 Å². The number of halogens is 1. The van der Waals surface area contributed by atoms with Crippen LogP contribution in [-0.4, -0.2) is 34.0 Å². The Morgan fingerprint density at radius 3 is 1.94 bits per heavy atom. The summed E-state index contributed by atoms with van der Waals surface area (Å²) in [5.41, 5.74) is 0. The van der Waals surface area contributed by atoms with Crippen molar-refractivity contribution in [1.29, 1.82) is 0 Å². The molecule has 0 bridgehead atoms. The summed E-state index contributed by atoms with van der Waals surface area (Å²) in [6.45, 7) is 5.66. The van der Waals surface area contributed by atoms with Gasteiger partial charge in [0.15, 0.2) is 0 Å². The van der Waals surface area contributed by atoms with Crippen LogP contribution in [0, 0.1) is 0 Å². The van der Waals surface area contributed by atoms with E-state index in [4.69, 9.17) is 9.47 Å². The number of hydrogen-bond donors (Lipinski definition) is 0. The summed E-state index contributed by atoms with van der Waals surface area (Å²) in [5, 5.41) is 1.16. The fourth-order valence-corrected chi connectivity index (χ4v) is 4.05. The highest BCUT2D eigenvalue weighted by Crippen LogP contribution is 2.09. The predicted octanol–water partition coefficient (Wildman–Crippen LogP) is 3.67. The predicted molar refractivity (Wildman–Crippen MR) is 81.9 cm³/mol. The third kappa shape index (κ3) is 12.9. The highest BCUT2D eigenvalue weighted by molar-refractivity contribution is 9.09. The van der Waals surface area contributed by atoms with Crippen LogP contribution in [0.1, 0.15) is 52.4 Å². The van der Waals surface area contributed by atoms with Crippen molar-refractivity contribution in [2.24, 2.45) is 0 Å². The van der Waals surface area contributed by atoms with Gasteiger partial charge in [-0.1, -0.05) is 54.1 Å². The minimum Gasteiger partial charge on any atom is -0.357 e. The van der Waals surface area contributed by atoms with Crippen molar-refractivity contribution in [1.82, 2.24) is 0 Å². The Balaban J connectivity index is 3.23. The fraction of sp³-hybridized carbons (Fsp3) is 1.00. The molecule has 0 aromatic heterocycles. The normalized spacial score (nSPS) is 12.0. The van der Waals surface area contributed by atoms with E-state index >= 15 is 0 Å². The monoisotopic (exact) mass is 324 g/mol. The van der Waals surface area contributed by atoms with Crippen LogP contribution in [0.2, 0.25) is 6.04 Å². The standard InChI is InChI=1S/C13H29BrO2Si/c1-3-15-13(16-4-2)17-12-10-8-6-5-7-9-11-14/h13H,3-12,17H2,1-2H3. The second-order valence-corrected chi connectivity index (χ2v) is 7.04. The summed E-state index contributed by atoms with van der Waals surface area (Å²) in [6, 6.07) is 1.36. The summed E-state index contributed by atoms with van der Waals surface area (Å²) in [6.07, 6.45) is 8.26. The van der Waals surface area contributed by atoms with Gasteiger partial charge in [0.2, 0.25) is 0 Å². The molecule has 4 heteroatoms. The fourth-order valence-electron chi connectivity index (χ4n) is 1.88. The van der Waals surface area contributed by atoms with Gasteiger partial charge in [-0.25, -0.2) is 0 Å². The second-order valence-electron chi connectivity index (χ2n) is 4.29. The Hall–Kier alpha value is 0.617. The van der Waals surface area contributed by atoms with Crippen molar-refractivity contribution in [2.45, 2.75) is 64.3 Å². The van der Waals surface area contributed by atoms with E-state index in [0.29, 0.717) is 0 Å². The first-order chi connectivity index (χ1) is 8.35. The van der Waals surface area contributed by atoms with Crippen molar-refractivity contribution in [3.63, 3.8) is 0 Å². The first kappa shape index (κ1) is 17.6. The third-order valence-electron chi connectivity index (χ3n) is 2.78. The van der Waals surface area contributed by atoms with Gasteiger partial charge in [0, 0.05) is 18.5 Å². The van der Waals surface area contributed by atoms with Gasteiger partial charge in [-0.2, -0.15) is 0 Å². The largest absolute Gasteiger partial charge is 0.357 e. The molecule has 0 aromatic carbocycles. The minimum atomic E-state index is -0.192. The van der Waals surface area contributed by atoms with Crippen LogP contribution < -0.4 is 0 Å². The molecule has 0 unspecified atom stereocenters. The molecular formula is C13H29BrO2Si. The Bertz CT molecular complexity index is 141. The van der Waals surface area contributed by atoms with Gasteiger partial charge < -0.3 is 9.47 Å². The molecule has 2 nitrogen and oxygen atoms in total. The maximum atomic E-state index is 5.58. The molecule has 104 valence electrons. The molecule has 0 heterocycles. The van der Waals surface area contributed by atoms with Crippen LogP contribution in [0.4, 0.5) is 0 Å². The number of rotatable bonds is 13. The van der Waals surface area contributed by atoms with E-state index in [1.807, 2.05) is 13.8 Å². The lowest BCUT2D eigenvalue weighted by molar-refractivity contribution is -0.0827. The molecule has 0 rings (SSSR count). The summed E-state index contributed by atoms with van der Waals surface area (Å²) in [5.74, 6) is 0.165. The Kier molecular flexibility index (Phi) is 15.2. The molecule has 0 aliphatic rings. The zero-order valence-electron chi connectivity index (χ0n) is 11.5. The number of unbranched alkanes of at least 4 members (excludes halogenated alkanes) is 5. The quantitative estimate of drug-likeness (QED) is 0.223. The topological polar surface area (TPSA) is 18.5 Å². The van der Waals surface area contributed by atoms with Crippen molar-refractivity contribution in [3.05, 3.63) is 0 Å². The van der Waals surface area contributed by atoms with Crippen LogP contribution in [0.25, 0.3) is 0 Å². The van der Waals surface area contributed by atoms with E-state index in [2.05, 4.69) is 15.9 Å². The maximum absolute atomic E-state index is 5.58. The summed E-state index contributed by atoms with van der Waals surface area (Å²) < 4.78 is 11.2. The highest BCUT2D eigenvalue weighted by Gasteiger charge is 2.07. The average molecular weight is 325 g/mol. The van der Waals surface area contributed by atoms with E-state index < -0.39 is 0 Å². The van der Waals surface area contributed by atoms with E-state index in [0.717, 1.165) is 18.5 Å². The summed E-state index contributed by atoms with van der Waals surface area (Å²) in [7, 11) is -0.192. The lowest BCUT2D eigenvalue weighted by Gasteiger charge is -2.16. The van der Waals surface area contributed by atoms with Gasteiger partial charge in [-0.3, -0.25) is 0 Å². The molecule has 0 aliphatic heterocycles. The Labute approximate surface area is 118 Å². The maximum Gasteiger partial charge on any atom is 0.134 e. The molecular weight excluding hydrogens is 296 g/mol. The zero-order valence-corrected chi connectivity index (χ0v) is 14.6.